The maximum absolute atomic E-state index is 12.4. The van der Waals surface area contributed by atoms with Gasteiger partial charge < -0.3 is 20.4 Å². The minimum absolute atomic E-state index is 0.404. The predicted octanol–water partition coefficient (Wildman–Crippen LogP) is 2.70. The molecule has 1 amide bonds. The highest BCUT2D eigenvalue weighted by Crippen LogP contribution is 2.43. The summed E-state index contributed by atoms with van der Waals surface area (Å²) in [6.45, 7) is 3.81. The second-order valence-corrected chi connectivity index (χ2v) is 8.38. The van der Waals surface area contributed by atoms with E-state index < -0.39 is 5.91 Å². The van der Waals surface area contributed by atoms with Gasteiger partial charge in [0.05, 0.1) is 28.8 Å². The van der Waals surface area contributed by atoms with E-state index in [1.807, 2.05) is 39.8 Å². The molecule has 1 saturated heterocycles. The summed E-state index contributed by atoms with van der Waals surface area (Å²) in [7, 11) is 6.09. The standard InChI is InChI=1S/C23H30N6O/c1-27(2)10-11-28(3)20-13-19(22-18(6-7-26-22)21(20)23(24)30)16-12-17(15-25-14-16)29-8-4-5-9-29/h7,12-15H,4-6,8-11H2,1-3H3,(H2,24,30). The van der Waals surface area contributed by atoms with Crippen molar-refractivity contribution in [2.45, 2.75) is 19.3 Å². The number of nitrogens with two attached hydrogens (primary N) is 1. The number of aromatic nitrogens is 1. The molecule has 4 rings (SSSR count). The third-order valence-corrected chi connectivity index (χ3v) is 5.94. The minimum atomic E-state index is -0.404. The smallest absolute Gasteiger partial charge is 0.251 e. The van der Waals surface area contributed by atoms with Crippen molar-refractivity contribution in [1.29, 1.82) is 0 Å². The van der Waals surface area contributed by atoms with Crippen molar-refractivity contribution in [2.24, 2.45) is 10.7 Å². The van der Waals surface area contributed by atoms with Crippen LogP contribution in [0.25, 0.3) is 11.1 Å². The van der Waals surface area contributed by atoms with E-state index in [0.717, 1.165) is 59.9 Å². The highest BCUT2D eigenvalue weighted by atomic mass is 16.1. The molecule has 2 N–H and O–H groups in total. The SMILES string of the molecule is CN(C)CCN(C)c1cc(-c2cncc(N3CCCC3)c2)c2c(c1C(N)=O)CC=N2. The predicted molar refractivity (Wildman–Crippen MR) is 123 cm³/mol. The number of primary amides is 1. The van der Waals surface area contributed by atoms with Gasteiger partial charge in [-0.05, 0) is 44.6 Å². The lowest BCUT2D eigenvalue weighted by molar-refractivity contribution is 0.1000. The molecule has 0 spiro atoms. The van der Waals surface area contributed by atoms with Gasteiger partial charge in [-0.3, -0.25) is 14.8 Å². The number of rotatable bonds is 7. The van der Waals surface area contributed by atoms with Gasteiger partial charge in [0.15, 0.2) is 0 Å². The van der Waals surface area contributed by atoms with Gasteiger partial charge in [-0.25, -0.2) is 0 Å². The molecule has 158 valence electrons. The Kier molecular flexibility index (Phi) is 5.72. The lowest BCUT2D eigenvalue weighted by Crippen LogP contribution is -2.30. The number of nitrogens with zero attached hydrogens (tertiary/aromatic N) is 5. The molecule has 2 aliphatic heterocycles. The first-order valence-electron chi connectivity index (χ1n) is 10.5. The Balaban J connectivity index is 1.81. The zero-order chi connectivity index (χ0) is 21.3. The Hall–Kier alpha value is -2.93. The van der Waals surface area contributed by atoms with Crippen LogP contribution in [0, 0.1) is 0 Å². The number of pyridine rings is 1. The van der Waals surface area contributed by atoms with Crippen LogP contribution in [0.3, 0.4) is 0 Å². The van der Waals surface area contributed by atoms with Crippen molar-refractivity contribution < 1.29 is 4.79 Å². The second-order valence-electron chi connectivity index (χ2n) is 8.38. The molecule has 1 aromatic carbocycles. The van der Waals surface area contributed by atoms with Gasteiger partial charge >= 0.3 is 0 Å². The maximum atomic E-state index is 12.4. The fourth-order valence-electron chi connectivity index (χ4n) is 4.28. The van der Waals surface area contributed by atoms with Crippen LogP contribution in [0.2, 0.25) is 0 Å². The molecule has 0 radical (unpaired) electrons. The Morgan fingerprint density at radius 1 is 1.13 bits per heavy atom. The van der Waals surface area contributed by atoms with E-state index in [-0.39, 0.29) is 0 Å². The fourth-order valence-corrected chi connectivity index (χ4v) is 4.28. The van der Waals surface area contributed by atoms with Crippen LogP contribution in [0.4, 0.5) is 17.1 Å². The summed E-state index contributed by atoms with van der Waals surface area (Å²) in [4.78, 5) is 28.2. The number of hydrogen-bond acceptors (Lipinski definition) is 6. The molecule has 0 aliphatic carbocycles. The Morgan fingerprint density at radius 3 is 2.60 bits per heavy atom. The number of amides is 1. The Bertz CT molecular complexity index is 978. The van der Waals surface area contributed by atoms with E-state index in [4.69, 9.17) is 5.73 Å². The number of aliphatic imine (C=N–C) groups is 1. The molecule has 0 bridgehead atoms. The zero-order valence-corrected chi connectivity index (χ0v) is 18.1. The summed E-state index contributed by atoms with van der Waals surface area (Å²) >= 11 is 0. The van der Waals surface area contributed by atoms with Crippen LogP contribution >= 0.6 is 0 Å². The van der Waals surface area contributed by atoms with Gasteiger partial charge in [-0.2, -0.15) is 0 Å². The zero-order valence-electron chi connectivity index (χ0n) is 18.1. The highest BCUT2D eigenvalue weighted by molar-refractivity contribution is 6.06. The molecule has 3 heterocycles. The van der Waals surface area contributed by atoms with Crippen molar-refractivity contribution in [2.75, 3.05) is 57.1 Å². The molecule has 0 unspecified atom stereocenters. The monoisotopic (exact) mass is 406 g/mol. The summed E-state index contributed by atoms with van der Waals surface area (Å²) in [6, 6.07) is 4.25. The van der Waals surface area contributed by atoms with Crippen molar-refractivity contribution in [3.63, 3.8) is 0 Å². The van der Waals surface area contributed by atoms with E-state index in [0.29, 0.717) is 12.0 Å². The van der Waals surface area contributed by atoms with E-state index in [2.05, 4.69) is 36.8 Å². The average molecular weight is 407 g/mol. The molecule has 1 fully saturated rings. The maximum Gasteiger partial charge on any atom is 0.251 e. The largest absolute Gasteiger partial charge is 0.373 e. The van der Waals surface area contributed by atoms with Gasteiger partial charge in [-0.15, -0.1) is 0 Å². The second kappa shape index (κ2) is 8.44. The summed E-state index contributed by atoms with van der Waals surface area (Å²) in [5.41, 5.74) is 12.2. The number of fused-ring (bicyclic) bond motifs is 1. The Morgan fingerprint density at radius 2 is 1.90 bits per heavy atom. The number of benzene rings is 1. The Labute approximate surface area is 178 Å². The molecule has 30 heavy (non-hydrogen) atoms. The molecule has 0 saturated carbocycles. The molecular formula is C23H30N6O. The van der Waals surface area contributed by atoms with E-state index >= 15 is 0 Å². The van der Waals surface area contributed by atoms with Gasteiger partial charge in [0.1, 0.15) is 0 Å². The van der Waals surface area contributed by atoms with Gasteiger partial charge in [0.25, 0.3) is 5.91 Å². The van der Waals surface area contributed by atoms with Gasteiger partial charge in [0, 0.05) is 63.2 Å². The van der Waals surface area contributed by atoms with Gasteiger partial charge in [-0.1, -0.05) is 0 Å². The number of hydrogen-bond donors (Lipinski definition) is 1. The van der Waals surface area contributed by atoms with Crippen molar-refractivity contribution in [1.82, 2.24) is 9.88 Å². The lowest BCUT2D eigenvalue weighted by atomic mass is 9.94. The van der Waals surface area contributed by atoms with Crippen LogP contribution in [0.15, 0.2) is 29.5 Å². The topological polar surface area (TPSA) is 78.1 Å². The number of carbonyl (C=O) groups is 1. The van der Waals surface area contributed by atoms with Crippen LogP contribution in [-0.2, 0) is 6.42 Å². The van der Waals surface area contributed by atoms with Crippen LogP contribution in [0.5, 0.6) is 0 Å². The summed E-state index contributed by atoms with van der Waals surface area (Å²) in [6.07, 6.45) is 8.74. The number of likely N-dealkylation sites (N-methyl/N-ethyl adjacent to an activating group) is 2. The number of carbonyl (C=O) groups excluding carboxylic acids is 1. The van der Waals surface area contributed by atoms with E-state index in [1.165, 1.54) is 12.8 Å². The van der Waals surface area contributed by atoms with E-state index in [9.17, 15) is 4.79 Å². The molecule has 7 nitrogen and oxygen atoms in total. The fraction of sp³-hybridized carbons (Fsp3) is 0.435. The van der Waals surface area contributed by atoms with Crippen molar-refractivity contribution in [3.8, 4) is 11.1 Å². The third kappa shape index (κ3) is 3.89. The van der Waals surface area contributed by atoms with Crippen molar-refractivity contribution in [3.05, 3.63) is 35.7 Å². The molecule has 2 aromatic rings. The molecule has 0 atom stereocenters. The lowest BCUT2D eigenvalue weighted by Gasteiger charge is -2.26. The number of anilines is 2. The summed E-state index contributed by atoms with van der Waals surface area (Å²) in [5.74, 6) is -0.404. The first kappa shape index (κ1) is 20.3. The third-order valence-electron chi connectivity index (χ3n) is 5.94. The first-order valence-corrected chi connectivity index (χ1v) is 10.5. The van der Waals surface area contributed by atoms with Crippen LogP contribution in [-0.4, -0.2) is 69.3 Å². The molecule has 7 heteroatoms. The summed E-state index contributed by atoms with van der Waals surface area (Å²) < 4.78 is 0. The molecule has 1 aromatic heterocycles. The van der Waals surface area contributed by atoms with Crippen molar-refractivity contribution >= 4 is 29.2 Å². The molecular weight excluding hydrogens is 376 g/mol. The van der Waals surface area contributed by atoms with Gasteiger partial charge in [0.2, 0.25) is 0 Å². The van der Waals surface area contributed by atoms with E-state index in [1.54, 1.807) is 0 Å². The quantitative estimate of drug-likeness (QED) is 0.765. The normalized spacial score (nSPS) is 15.1. The van der Waals surface area contributed by atoms with Crippen LogP contribution < -0.4 is 15.5 Å². The minimum Gasteiger partial charge on any atom is -0.373 e. The summed E-state index contributed by atoms with van der Waals surface area (Å²) in [5, 5.41) is 0. The van der Waals surface area contributed by atoms with Crippen LogP contribution in [0.1, 0.15) is 28.8 Å². The first-order chi connectivity index (χ1) is 14.5. The molecule has 2 aliphatic rings. The highest BCUT2D eigenvalue weighted by Gasteiger charge is 2.26. The average Bonchev–Trinajstić information content (AvgIpc) is 3.42.